The van der Waals surface area contributed by atoms with Crippen molar-refractivity contribution in [3.63, 3.8) is 0 Å². The van der Waals surface area contributed by atoms with Crippen molar-refractivity contribution in [2.24, 2.45) is 0 Å². The zero-order valence-electron chi connectivity index (χ0n) is 32.9. The highest BCUT2D eigenvalue weighted by Gasteiger charge is 2.20. The van der Waals surface area contributed by atoms with E-state index in [4.69, 9.17) is 4.42 Å². The number of nitrogens with zero attached hydrogens (tertiary/aromatic N) is 1. The Morgan fingerprint density at radius 1 is 0.250 bits per heavy atom. The van der Waals surface area contributed by atoms with E-state index in [1.807, 2.05) is 0 Å². The summed E-state index contributed by atoms with van der Waals surface area (Å²) in [5.41, 5.74) is 16.8. The van der Waals surface area contributed by atoms with Crippen LogP contribution >= 0.6 is 0 Å². The van der Waals surface area contributed by atoms with Crippen LogP contribution in [0.1, 0.15) is 0 Å². The number of rotatable bonds is 8. The average Bonchev–Trinajstić information content (AvgIpc) is 3.70. The van der Waals surface area contributed by atoms with Crippen LogP contribution in [-0.4, -0.2) is 0 Å². The number of anilines is 3. The van der Waals surface area contributed by atoms with Gasteiger partial charge in [0.15, 0.2) is 0 Å². The van der Waals surface area contributed by atoms with Gasteiger partial charge < -0.3 is 9.32 Å². The van der Waals surface area contributed by atoms with E-state index < -0.39 is 0 Å². The fourth-order valence-electron chi connectivity index (χ4n) is 8.70. The van der Waals surface area contributed by atoms with Gasteiger partial charge >= 0.3 is 0 Å². The Morgan fingerprint density at radius 2 is 0.600 bits per heavy atom. The summed E-state index contributed by atoms with van der Waals surface area (Å²) in [4.78, 5) is 2.34. The van der Waals surface area contributed by atoms with Gasteiger partial charge in [-0.05, 0) is 116 Å². The number of fused-ring (bicyclic) bond motifs is 5. The van der Waals surface area contributed by atoms with Crippen molar-refractivity contribution < 1.29 is 4.42 Å². The summed E-state index contributed by atoms with van der Waals surface area (Å²) in [6, 6.07) is 84.7. The van der Waals surface area contributed by atoms with Crippen LogP contribution < -0.4 is 4.90 Å². The molecule has 0 atom stereocenters. The molecule has 0 fully saturated rings. The first-order valence-electron chi connectivity index (χ1n) is 20.5. The van der Waals surface area contributed by atoms with E-state index in [9.17, 15) is 0 Å². The minimum Gasteiger partial charge on any atom is -0.455 e. The van der Waals surface area contributed by atoms with Crippen LogP contribution in [0, 0.1) is 0 Å². The SMILES string of the molecule is c1ccc(-c2ccc(N(c3ccc(-c4ccccc4)cc3)c3ccc(-c4cc5c(cc4-c4ccccc4)oc4c6ccccc6c(-c6ccccc6)cc54)cc3)cc2)cc1. The molecular weight excluding hydrogens is 727 g/mol. The molecular formula is C58H39NO. The molecule has 11 rings (SSSR count). The first-order valence-corrected chi connectivity index (χ1v) is 20.5. The summed E-state index contributed by atoms with van der Waals surface area (Å²) < 4.78 is 6.82. The molecule has 0 spiro atoms. The van der Waals surface area contributed by atoms with Crippen molar-refractivity contribution in [1.29, 1.82) is 0 Å². The van der Waals surface area contributed by atoms with E-state index in [2.05, 4.69) is 241 Å². The van der Waals surface area contributed by atoms with E-state index in [0.29, 0.717) is 0 Å². The fraction of sp³-hybridized carbons (Fsp3) is 0. The van der Waals surface area contributed by atoms with Crippen molar-refractivity contribution in [2.45, 2.75) is 0 Å². The molecule has 282 valence electrons. The Bertz CT molecular complexity index is 3160. The van der Waals surface area contributed by atoms with Crippen LogP contribution in [0.2, 0.25) is 0 Å². The van der Waals surface area contributed by atoms with Crippen LogP contribution in [0.15, 0.2) is 241 Å². The minimum absolute atomic E-state index is 0.878. The first kappa shape index (κ1) is 35.2. The second-order valence-corrected chi connectivity index (χ2v) is 15.3. The third-order valence-electron chi connectivity index (χ3n) is 11.7. The van der Waals surface area contributed by atoms with E-state index >= 15 is 0 Å². The van der Waals surface area contributed by atoms with Crippen LogP contribution in [-0.2, 0) is 0 Å². The summed E-state index contributed by atoms with van der Waals surface area (Å²) in [6.07, 6.45) is 0. The molecule has 0 amide bonds. The quantitative estimate of drug-likeness (QED) is 0.153. The molecule has 0 radical (unpaired) electrons. The van der Waals surface area contributed by atoms with Crippen molar-refractivity contribution in [3.8, 4) is 55.6 Å². The zero-order chi connectivity index (χ0) is 39.8. The van der Waals surface area contributed by atoms with Gasteiger partial charge in [0.25, 0.3) is 0 Å². The molecule has 0 N–H and O–H groups in total. The monoisotopic (exact) mass is 765 g/mol. The van der Waals surface area contributed by atoms with Gasteiger partial charge in [-0.1, -0.05) is 182 Å². The predicted molar refractivity (Wildman–Crippen MR) is 253 cm³/mol. The van der Waals surface area contributed by atoms with Gasteiger partial charge in [-0.15, -0.1) is 0 Å². The van der Waals surface area contributed by atoms with E-state index in [0.717, 1.165) is 66.6 Å². The predicted octanol–water partition coefficient (Wildman–Crippen LogP) is 16.5. The number of furan rings is 1. The molecule has 2 nitrogen and oxygen atoms in total. The maximum absolute atomic E-state index is 6.82. The van der Waals surface area contributed by atoms with Crippen molar-refractivity contribution >= 4 is 49.8 Å². The number of hydrogen-bond acceptors (Lipinski definition) is 2. The van der Waals surface area contributed by atoms with Gasteiger partial charge in [-0.3, -0.25) is 0 Å². The van der Waals surface area contributed by atoms with Crippen LogP contribution in [0.4, 0.5) is 17.1 Å². The minimum atomic E-state index is 0.878. The number of benzene rings is 10. The zero-order valence-corrected chi connectivity index (χ0v) is 32.9. The molecule has 0 unspecified atom stereocenters. The average molecular weight is 766 g/mol. The van der Waals surface area contributed by atoms with Gasteiger partial charge in [0.05, 0.1) is 0 Å². The second kappa shape index (κ2) is 15.1. The van der Waals surface area contributed by atoms with E-state index in [1.165, 1.54) is 38.8 Å². The summed E-state index contributed by atoms with van der Waals surface area (Å²) in [6.45, 7) is 0. The van der Waals surface area contributed by atoms with Gasteiger partial charge in [-0.25, -0.2) is 0 Å². The Morgan fingerprint density at radius 3 is 1.10 bits per heavy atom. The Labute approximate surface area is 349 Å². The van der Waals surface area contributed by atoms with Crippen LogP contribution in [0.5, 0.6) is 0 Å². The fourth-order valence-corrected chi connectivity index (χ4v) is 8.70. The molecule has 1 heterocycles. The standard InChI is InChI=1S/C58H39NO/c1-5-15-40(16-6-1)42-25-31-47(32-26-42)59(48-33-27-43(28-34-48)41-17-7-2-8-18-41)49-35-29-46(30-36-49)53-37-55-56-38-52(44-19-9-3-10-20-44)50-23-13-14-24-51(50)58(56)60-57(55)39-54(53)45-21-11-4-12-22-45/h1-39H. The lowest BCUT2D eigenvalue weighted by Crippen LogP contribution is -2.09. The lowest BCUT2D eigenvalue weighted by Gasteiger charge is -2.26. The Hall–Kier alpha value is -7.94. The molecule has 11 aromatic rings. The maximum Gasteiger partial charge on any atom is 0.143 e. The molecule has 0 saturated heterocycles. The summed E-state index contributed by atoms with van der Waals surface area (Å²) in [7, 11) is 0. The molecule has 0 saturated carbocycles. The largest absolute Gasteiger partial charge is 0.455 e. The molecule has 2 heteroatoms. The highest BCUT2D eigenvalue weighted by molar-refractivity contribution is 6.20. The highest BCUT2D eigenvalue weighted by atomic mass is 16.3. The highest BCUT2D eigenvalue weighted by Crippen LogP contribution is 2.45. The Kier molecular flexibility index (Phi) is 8.87. The first-order chi connectivity index (χ1) is 29.7. The third kappa shape index (κ3) is 6.41. The lowest BCUT2D eigenvalue weighted by molar-refractivity contribution is 0.673. The lowest BCUT2D eigenvalue weighted by atomic mass is 9.91. The number of hydrogen-bond donors (Lipinski definition) is 0. The van der Waals surface area contributed by atoms with E-state index in [1.54, 1.807) is 0 Å². The summed E-state index contributed by atoms with van der Waals surface area (Å²) in [5, 5.41) is 4.52. The van der Waals surface area contributed by atoms with Crippen LogP contribution in [0.3, 0.4) is 0 Å². The van der Waals surface area contributed by atoms with Gasteiger partial charge in [0.2, 0.25) is 0 Å². The summed E-state index contributed by atoms with van der Waals surface area (Å²) in [5.74, 6) is 0. The molecule has 0 aliphatic heterocycles. The van der Waals surface area contributed by atoms with E-state index in [-0.39, 0.29) is 0 Å². The molecule has 10 aromatic carbocycles. The van der Waals surface area contributed by atoms with Gasteiger partial charge in [0, 0.05) is 33.2 Å². The summed E-state index contributed by atoms with van der Waals surface area (Å²) >= 11 is 0. The van der Waals surface area contributed by atoms with Gasteiger partial charge in [-0.2, -0.15) is 0 Å². The van der Waals surface area contributed by atoms with Crippen molar-refractivity contribution in [2.75, 3.05) is 4.90 Å². The molecule has 60 heavy (non-hydrogen) atoms. The molecule has 1 aromatic heterocycles. The Balaban J connectivity index is 1.05. The smallest absolute Gasteiger partial charge is 0.143 e. The molecule has 0 aliphatic rings. The molecule has 0 bridgehead atoms. The van der Waals surface area contributed by atoms with Crippen molar-refractivity contribution in [1.82, 2.24) is 0 Å². The maximum atomic E-state index is 6.82. The van der Waals surface area contributed by atoms with Crippen LogP contribution in [0.25, 0.3) is 88.3 Å². The third-order valence-corrected chi connectivity index (χ3v) is 11.7. The van der Waals surface area contributed by atoms with Crippen molar-refractivity contribution in [3.05, 3.63) is 237 Å². The second-order valence-electron chi connectivity index (χ2n) is 15.3. The topological polar surface area (TPSA) is 16.4 Å². The normalized spacial score (nSPS) is 11.3. The van der Waals surface area contributed by atoms with Gasteiger partial charge in [0.1, 0.15) is 11.2 Å². The molecule has 0 aliphatic carbocycles.